The third kappa shape index (κ3) is 2.58. The predicted molar refractivity (Wildman–Crippen MR) is 61.0 cm³/mol. The van der Waals surface area contributed by atoms with Crippen molar-refractivity contribution in [3.63, 3.8) is 0 Å². The van der Waals surface area contributed by atoms with Crippen LogP contribution in [0.1, 0.15) is 27.7 Å². The molecule has 0 saturated heterocycles. The average molecular weight is 192 g/mol. The molecule has 0 heterocycles. The number of hydrogen-bond donors (Lipinski definition) is 1. The second kappa shape index (κ2) is 4.14. The van der Waals surface area contributed by atoms with Crippen molar-refractivity contribution in [1.29, 1.82) is 0 Å². The lowest BCUT2D eigenvalue weighted by Crippen LogP contribution is -2.23. The molecule has 0 spiro atoms. The van der Waals surface area contributed by atoms with Crippen molar-refractivity contribution >= 4 is 0 Å². The van der Waals surface area contributed by atoms with Gasteiger partial charge in [-0.3, -0.25) is 0 Å². The van der Waals surface area contributed by atoms with E-state index in [9.17, 15) is 5.11 Å². The Labute approximate surface area is 86.8 Å². The molecule has 1 rings (SSSR count). The highest BCUT2D eigenvalue weighted by molar-refractivity contribution is 5.28. The van der Waals surface area contributed by atoms with Crippen LogP contribution in [-0.4, -0.2) is 11.2 Å². The smallest absolute Gasteiger partial charge is 0.0692 e. The minimum Gasteiger partial charge on any atom is -0.389 e. The van der Waals surface area contributed by atoms with Gasteiger partial charge in [-0.25, -0.2) is 0 Å². The van der Waals surface area contributed by atoms with Crippen LogP contribution in [-0.2, 0) is 0 Å². The van der Waals surface area contributed by atoms with Crippen molar-refractivity contribution in [2.45, 2.75) is 33.8 Å². The lowest BCUT2D eigenvalue weighted by atomic mass is 9.72. The maximum absolute atomic E-state index is 9.22. The first-order valence-electron chi connectivity index (χ1n) is 5.16. The highest BCUT2D eigenvalue weighted by atomic mass is 16.3. The minimum absolute atomic E-state index is 0.157. The zero-order valence-corrected chi connectivity index (χ0v) is 9.49. The summed E-state index contributed by atoms with van der Waals surface area (Å²) in [7, 11) is 0. The molecule has 1 aliphatic carbocycles. The lowest BCUT2D eigenvalue weighted by molar-refractivity contribution is 0.242. The standard InChI is InChI=1S/C13H20O/c1-10-6-5-9-13(3,4)12(10)8-7-11(2)14/h5-9,11-12,14H,1-4H3/b8-7+. The summed E-state index contributed by atoms with van der Waals surface area (Å²) in [6.07, 6.45) is 10.1. The monoisotopic (exact) mass is 192 g/mol. The fourth-order valence-corrected chi connectivity index (χ4v) is 1.91. The Balaban J connectivity index is 2.85. The van der Waals surface area contributed by atoms with E-state index in [1.807, 2.05) is 6.08 Å². The molecular weight excluding hydrogens is 172 g/mol. The van der Waals surface area contributed by atoms with E-state index in [4.69, 9.17) is 0 Å². The van der Waals surface area contributed by atoms with E-state index in [-0.39, 0.29) is 11.5 Å². The molecule has 0 radical (unpaired) electrons. The average Bonchev–Trinajstić information content (AvgIpc) is 2.01. The third-order valence-electron chi connectivity index (χ3n) is 2.76. The normalized spacial score (nSPS) is 27.8. The number of allylic oxidation sites excluding steroid dienone is 5. The largest absolute Gasteiger partial charge is 0.389 e. The lowest BCUT2D eigenvalue weighted by Gasteiger charge is -2.32. The maximum atomic E-state index is 9.22. The van der Waals surface area contributed by atoms with Gasteiger partial charge in [-0.1, -0.05) is 49.8 Å². The molecule has 0 aromatic rings. The van der Waals surface area contributed by atoms with E-state index in [2.05, 4.69) is 45.1 Å². The van der Waals surface area contributed by atoms with Gasteiger partial charge in [0.05, 0.1) is 6.10 Å². The minimum atomic E-state index is -0.357. The summed E-state index contributed by atoms with van der Waals surface area (Å²) in [5.41, 5.74) is 1.51. The second-order valence-electron chi connectivity index (χ2n) is 4.69. The van der Waals surface area contributed by atoms with Crippen LogP contribution >= 0.6 is 0 Å². The van der Waals surface area contributed by atoms with E-state index in [1.54, 1.807) is 6.92 Å². The first kappa shape index (κ1) is 11.3. The summed E-state index contributed by atoms with van der Waals surface area (Å²) >= 11 is 0. The van der Waals surface area contributed by atoms with Gasteiger partial charge in [0.15, 0.2) is 0 Å². The van der Waals surface area contributed by atoms with E-state index >= 15 is 0 Å². The predicted octanol–water partition coefficient (Wildman–Crippen LogP) is 3.08. The molecule has 78 valence electrons. The SMILES string of the molecule is CC1=CC=CC(C)(C)C1/C=C/C(C)O. The summed E-state index contributed by atoms with van der Waals surface area (Å²) in [5, 5.41) is 9.22. The van der Waals surface area contributed by atoms with Gasteiger partial charge in [-0.05, 0) is 19.3 Å². The Hall–Kier alpha value is -0.820. The molecule has 0 aromatic heterocycles. The van der Waals surface area contributed by atoms with Crippen molar-refractivity contribution in [3.05, 3.63) is 36.0 Å². The Morgan fingerprint density at radius 1 is 1.50 bits per heavy atom. The van der Waals surface area contributed by atoms with Gasteiger partial charge in [0.25, 0.3) is 0 Å². The van der Waals surface area contributed by atoms with Crippen LogP contribution in [0.4, 0.5) is 0 Å². The first-order chi connectivity index (χ1) is 6.43. The Kier molecular flexibility index (Phi) is 3.33. The van der Waals surface area contributed by atoms with Crippen LogP contribution in [0.5, 0.6) is 0 Å². The molecule has 1 N–H and O–H groups in total. The van der Waals surface area contributed by atoms with E-state index in [0.29, 0.717) is 5.92 Å². The number of hydrogen-bond acceptors (Lipinski definition) is 1. The van der Waals surface area contributed by atoms with Gasteiger partial charge in [-0.2, -0.15) is 0 Å². The van der Waals surface area contributed by atoms with Crippen LogP contribution in [0.25, 0.3) is 0 Å². The molecule has 1 heteroatoms. The molecular formula is C13H20O. The molecule has 0 fully saturated rings. The summed E-state index contributed by atoms with van der Waals surface area (Å²) < 4.78 is 0. The summed E-state index contributed by atoms with van der Waals surface area (Å²) in [6.45, 7) is 8.36. The molecule has 0 aromatic carbocycles. The summed E-state index contributed by atoms with van der Waals surface area (Å²) in [6, 6.07) is 0. The highest BCUT2D eigenvalue weighted by Gasteiger charge is 2.27. The quantitative estimate of drug-likeness (QED) is 0.667. The summed E-state index contributed by atoms with van der Waals surface area (Å²) in [4.78, 5) is 0. The fraction of sp³-hybridized carbons (Fsp3) is 0.538. The van der Waals surface area contributed by atoms with Gasteiger partial charge in [0, 0.05) is 5.92 Å². The maximum Gasteiger partial charge on any atom is 0.0692 e. The van der Waals surface area contributed by atoms with E-state index in [1.165, 1.54) is 5.57 Å². The molecule has 0 amide bonds. The van der Waals surface area contributed by atoms with Gasteiger partial charge in [-0.15, -0.1) is 0 Å². The second-order valence-corrected chi connectivity index (χ2v) is 4.69. The number of aliphatic hydroxyl groups excluding tert-OH is 1. The van der Waals surface area contributed by atoms with Crippen LogP contribution in [0, 0.1) is 11.3 Å². The van der Waals surface area contributed by atoms with Crippen LogP contribution in [0.2, 0.25) is 0 Å². The van der Waals surface area contributed by atoms with Crippen LogP contribution < -0.4 is 0 Å². The molecule has 1 aliphatic rings. The third-order valence-corrected chi connectivity index (χ3v) is 2.76. The fourth-order valence-electron chi connectivity index (χ4n) is 1.91. The zero-order valence-electron chi connectivity index (χ0n) is 9.49. The van der Waals surface area contributed by atoms with Crippen molar-refractivity contribution in [2.24, 2.45) is 11.3 Å². The van der Waals surface area contributed by atoms with Gasteiger partial charge < -0.3 is 5.11 Å². The molecule has 2 unspecified atom stereocenters. The topological polar surface area (TPSA) is 20.2 Å². The number of aliphatic hydroxyl groups is 1. The van der Waals surface area contributed by atoms with Gasteiger partial charge in [0.2, 0.25) is 0 Å². The van der Waals surface area contributed by atoms with Crippen LogP contribution in [0.15, 0.2) is 36.0 Å². The Morgan fingerprint density at radius 3 is 2.64 bits per heavy atom. The van der Waals surface area contributed by atoms with Crippen molar-refractivity contribution < 1.29 is 5.11 Å². The van der Waals surface area contributed by atoms with E-state index < -0.39 is 0 Å². The Morgan fingerprint density at radius 2 is 2.14 bits per heavy atom. The number of rotatable bonds is 2. The molecule has 0 bridgehead atoms. The molecule has 2 atom stereocenters. The van der Waals surface area contributed by atoms with Gasteiger partial charge >= 0.3 is 0 Å². The molecule has 1 nitrogen and oxygen atoms in total. The molecule has 14 heavy (non-hydrogen) atoms. The van der Waals surface area contributed by atoms with Crippen molar-refractivity contribution in [3.8, 4) is 0 Å². The van der Waals surface area contributed by atoms with Crippen molar-refractivity contribution in [1.82, 2.24) is 0 Å². The first-order valence-corrected chi connectivity index (χ1v) is 5.16. The highest BCUT2D eigenvalue weighted by Crippen LogP contribution is 2.37. The molecule has 0 aliphatic heterocycles. The summed E-state index contributed by atoms with van der Waals surface area (Å²) in [5.74, 6) is 0.405. The van der Waals surface area contributed by atoms with E-state index in [0.717, 1.165) is 0 Å². The zero-order chi connectivity index (χ0) is 10.8. The van der Waals surface area contributed by atoms with Gasteiger partial charge in [0.1, 0.15) is 0 Å². The van der Waals surface area contributed by atoms with Crippen LogP contribution in [0.3, 0.4) is 0 Å². The Bertz CT molecular complexity index is 280. The molecule has 0 saturated carbocycles. The van der Waals surface area contributed by atoms with Crippen molar-refractivity contribution in [2.75, 3.05) is 0 Å².